The maximum Gasteiger partial charge on any atom is 0.227 e. The molecule has 5 heteroatoms. The Morgan fingerprint density at radius 1 is 1.23 bits per heavy atom. The van der Waals surface area contributed by atoms with Crippen molar-refractivity contribution in [3.05, 3.63) is 63.6 Å². The maximum absolute atomic E-state index is 12.3. The number of carbonyl (C=O) groups is 1. The van der Waals surface area contributed by atoms with Crippen LogP contribution in [0.1, 0.15) is 11.1 Å². The van der Waals surface area contributed by atoms with Gasteiger partial charge in [0.2, 0.25) is 5.91 Å². The van der Waals surface area contributed by atoms with E-state index in [0.717, 1.165) is 16.9 Å². The maximum atomic E-state index is 12.3. The Balaban J connectivity index is 1.63. The zero-order chi connectivity index (χ0) is 15.5. The molecule has 1 N–H and O–H groups in total. The van der Waals surface area contributed by atoms with Crippen LogP contribution < -0.4 is 10.1 Å². The van der Waals surface area contributed by atoms with Crippen LogP contribution in [0, 0.1) is 5.92 Å². The summed E-state index contributed by atoms with van der Waals surface area (Å²) in [5.41, 5.74) is 1.87. The fourth-order valence-corrected chi connectivity index (χ4v) is 2.90. The first-order valence-corrected chi connectivity index (χ1v) is 7.81. The molecular formula is C17H15Cl2NO2. The minimum absolute atomic E-state index is 0.0365. The Morgan fingerprint density at radius 2 is 2.05 bits per heavy atom. The van der Waals surface area contributed by atoms with Crippen LogP contribution in [0.4, 0.5) is 0 Å². The molecule has 0 spiro atoms. The number of ether oxygens (including phenoxy) is 1. The summed E-state index contributed by atoms with van der Waals surface area (Å²) in [5.74, 6) is 0.554. The number of rotatable bonds is 3. The van der Waals surface area contributed by atoms with E-state index in [-0.39, 0.29) is 11.8 Å². The monoisotopic (exact) mass is 335 g/mol. The van der Waals surface area contributed by atoms with Gasteiger partial charge in [0.25, 0.3) is 0 Å². The molecule has 1 heterocycles. The van der Waals surface area contributed by atoms with E-state index in [1.165, 1.54) is 0 Å². The number of fused-ring (bicyclic) bond motifs is 1. The molecule has 2 aromatic carbocycles. The minimum atomic E-state index is -0.214. The topological polar surface area (TPSA) is 38.3 Å². The molecule has 0 aliphatic carbocycles. The van der Waals surface area contributed by atoms with Gasteiger partial charge < -0.3 is 10.1 Å². The third kappa shape index (κ3) is 3.37. The fourth-order valence-electron chi connectivity index (χ4n) is 2.50. The lowest BCUT2D eigenvalue weighted by atomic mass is 9.96. The van der Waals surface area contributed by atoms with Crippen LogP contribution >= 0.6 is 23.2 Å². The smallest absolute Gasteiger partial charge is 0.227 e. The Bertz CT molecular complexity index is 703. The van der Waals surface area contributed by atoms with Gasteiger partial charge in [-0.3, -0.25) is 4.79 Å². The average molecular weight is 336 g/mol. The predicted molar refractivity (Wildman–Crippen MR) is 87.4 cm³/mol. The standard InChI is InChI=1S/C17H15Cl2NO2/c18-14-5-6-16-12(8-14)7-13(10-22-16)17(21)20-9-11-3-1-2-4-15(11)19/h1-6,8,13H,7,9-10H2,(H,20,21)/t13-/m0/s1. The van der Waals surface area contributed by atoms with Gasteiger partial charge in [0, 0.05) is 16.6 Å². The lowest BCUT2D eigenvalue weighted by Gasteiger charge is -2.24. The summed E-state index contributed by atoms with van der Waals surface area (Å²) in [7, 11) is 0. The molecule has 0 saturated carbocycles. The number of amides is 1. The molecular weight excluding hydrogens is 321 g/mol. The van der Waals surface area contributed by atoms with Gasteiger partial charge in [0.15, 0.2) is 0 Å². The molecule has 0 saturated heterocycles. The summed E-state index contributed by atoms with van der Waals surface area (Å²) < 4.78 is 5.64. The SMILES string of the molecule is O=C(NCc1ccccc1Cl)[C@@H]1COc2ccc(Cl)cc2C1. The van der Waals surface area contributed by atoms with Crippen LogP contribution in [0.15, 0.2) is 42.5 Å². The largest absolute Gasteiger partial charge is 0.492 e. The number of halogens is 2. The molecule has 3 rings (SSSR count). The zero-order valence-corrected chi connectivity index (χ0v) is 13.3. The molecule has 1 amide bonds. The third-order valence-electron chi connectivity index (χ3n) is 3.71. The van der Waals surface area contributed by atoms with E-state index >= 15 is 0 Å². The summed E-state index contributed by atoms with van der Waals surface area (Å²) >= 11 is 12.1. The molecule has 2 aromatic rings. The van der Waals surface area contributed by atoms with Crippen LogP contribution in [0.25, 0.3) is 0 Å². The lowest BCUT2D eigenvalue weighted by molar-refractivity contribution is -0.126. The predicted octanol–water partition coefficient (Wildman–Crippen LogP) is 3.86. The quantitative estimate of drug-likeness (QED) is 0.924. The number of benzene rings is 2. The zero-order valence-electron chi connectivity index (χ0n) is 11.8. The second-order valence-electron chi connectivity index (χ2n) is 5.27. The van der Waals surface area contributed by atoms with Gasteiger partial charge in [-0.1, -0.05) is 41.4 Å². The number of carbonyl (C=O) groups excluding carboxylic acids is 1. The van der Waals surface area contributed by atoms with Gasteiger partial charge in [-0.05, 0) is 41.8 Å². The first kappa shape index (κ1) is 15.2. The molecule has 1 aliphatic heterocycles. The Kier molecular flexibility index (Phi) is 4.55. The van der Waals surface area contributed by atoms with Gasteiger partial charge in [-0.25, -0.2) is 0 Å². The van der Waals surface area contributed by atoms with Gasteiger partial charge in [-0.15, -0.1) is 0 Å². The van der Waals surface area contributed by atoms with Crippen molar-refractivity contribution in [2.45, 2.75) is 13.0 Å². The third-order valence-corrected chi connectivity index (χ3v) is 4.31. The van der Waals surface area contributed by atoms with Gasteiger partial charge in [0.05, 0.1) is 5.92 Å². The van der Waals surface area contributed by atoms with E-state index in [1.54, 1.807) is 6.07 Å². The normalized spacial score (nSPS) is 16.5. The van der Waals surface area contributed by atoms with Crippen LogP contribution in [0.3, 0.4) is 0 Å². The molecule has 114 valence electrons. The molecule has 0 fully saturated rings. The molecule has 1 aliphatic rings. The molecule has 0 bridgehead atoms. The summed E-state index contributed by atoms with van der Waals surface area (Å²) in [6.07, 6.45) is 0.629. The highest BCUT2D eigenvalue weighted by Crippen LogP contribution is 2.29. The average Bonchev–Trinajstić information content (AvgIpc) is 2.53. The fraction of sp³-hybridized carbons (Fsp3) is 0.235. The highest BCUT2D eigenvalue weighted by atomic mass is 35.5. The summed E-state index contributed by atoms with van der Waals surface area (Å²) in [5, 5.41) is 4.22. The van der Waals surface area contributed by atoms with E-state index in [1.807, 2.05) is 36.4 Å². The molecule has 0 aromatic heterocycles. The minimum Gasteiger partial charge on any atom is -0.492 e. The van der Waals surface area contributed by atoms with Crippen molar-refractivity contribution in [2.24, 2.45) is 5.92 Å². The highest BCUT2D eigenvalue weighted by molar-refractivity contribution is 6.31. The molecule has 22 heavy (non-hydrogen) atoms. The van der Waals surface area contributed by atoms with E-state index < -0.39 is 0 Å². The van der Waals surface area contributed by atoms with Crippen LogP contribution in [-0.4, -0.2) is 12.5 Å². The second-order valence-corrected chi connectivity index (χ2v) is 6.12. The first-order chi connectivity index (χ1) is 10.6. The number of nitrogens with one attached hydrogen (secondary N) is 1. The Labute approximate surface area is 139 Å². The van der Waals surface area contributed by atoms with Crippen molar-refractivity contribution in [3.63, 3.8) is 0 Å². The Morgan fingerprint density at radius 3 is 2.86 bits per heavy atom. The van der Waals surface area contributed by atoms with Crippen molar-refractivity contribution in [1.29, 1.82) is 0 Å². The van der Waals surface area contributed by atoms with Crippen molar-refractivity contribution < 1.29 is 9.53 Å². The van der Waals surface area contributed by atoms with E-state index in [0.29, 0.717) is 29.6 Å². The van der Waals surface area contributed by atoms with Crippen LogP contribution in [-0.2, 0) is 17.8 Å². The molecule has 0 unspecified atom stereocenters. The van der Waals surface area contributed by atoms with E-state index in [9.17, 15) is 4.79 Å². The highest BCUT2D eigenvalue weighted by Gasteiger charge is 2.26. The van der Waals surface area contributed by atoms with Gasteiger partial charge >= 0.3 is 0 Å². The van der Waals surface area contributed by atoms with E-state index in [4.69, 9.17) is 27.9 Å². The number of hydrogen-bond donors (Lipinski definition) is 1. The second kappa shape index (κ2) is 6.59. The van der Waals surface area contributed by atoms with Crippen molar-refractivity contribution in [2.75, 3.05) is 6.61 Å². The van der Waals surface area contributed by atoms with Crippen LogP contribution in [0.5, 0.6) is 5.75 Å². The van der Waals surface area contributed by atoms with Crippen molar-refractivity contribution in [3.8, 4) is 5.75 Å². The van der Waals surface area contributed by atoms with Crippen molar-refractivity contribution >= 4 is 29.1 Å². The molecule has 0 radical (unpaired) electrons. The van der Waals surface area contributed by atoms with Crippen molar-refractivity contribution in [1.82, 2.24) is 5.32 Å². The summed E-state index contributed by atoms with van der Waals surface area (Å²) in [6.45, 7) is 0.792. The Hall–Kier alpha value is -1.71. The summed E-state index contributed by atoms with van der Waals surface area (Å²) in [4.78, 5) is 12.3. The lowest BCUT2D eigenvalue weighted by Crippen LogP contribution is -2.37. The molecule has 3 nitrogen and oxygen atoms in total. The van der Waals surface area contributed by atoms with Crippen LogP contribution in [0.2, 0.25) is 10.0 Å². The van der Waals surface area contributed by atoms with Gasteiger partial charge in [-0.2, -0.15) is 0 Å². The van der Waals surface area contributed by atoms with Gasteiger partial charge in [0.1, 0.15) is 12.4 Å². The summed E-state index contributed by atoms with van der Waals surface area (Å²) in [6, 6.07) is 13.0. The molecule has 1 atom stereocenters. The first-order valence-electron chi connectivity index (χ1n) is 7.06. The number of hydrogen-bond acceptors (Lipinski definition) is 2. The van der Waals surface area contributed by atoms with E-state index in [2.05, 4.69) is 5.32 Å².